The molecule has 8 fully saturated rings. The fourth-order valence-electron chi connectivity index (χ4n) is 12.5. The number of ether oxygens (including phenoxy) is 10. The number of methoxy groups -OCH3 is 1. The zero-order chi connectivity index (χ0) is 55.2. The Morgan fingerprint density at radius 3 is 1.64 bits per heavy atom. The summed E-state index contributed by atoms with van der Waals surface area (Å²) in [6, 6.07) is 0. The summed E-state index contributed by atoms with van der Waals surface area (Å²) in [6.07, 6.45) is -20.0. The molecule has 0 aromatic rings. The van der Waals surface area contributed by atoms with Gasteiger partial charge < -0.3 is 114 Å². The number of aliphatic hydroxyl groups is 15. The summed E-state index contributed by atoms with van der Waals surface area (Å²) >= 11 is 0. The van der Waals surface area contributed by atoms with Crippen molar-refractivity contribution in [1.29, 1.82) is 0 Å². The number of carbonyl (C=O) groups excluding carboxylic acids is 2. The SMILES string of the molecule is COC1CC(C=CC(=O)OC[C@H]2O[C@@H](O[C@H]3[C@H](OC4CC5C(O[C@@H]6O[C@H](CO)[C@@H](O)[C@H](O)[C@H]6O)CC(O)CC5[OH+]C4C4CCC(O)CC4)O[C@H](COC(=O)C=CC4CCC(O)CC4)[C@@H](O)[C@@H]3O)[C@H](O)[C@@H](O)[C@@H]2O)CCC1O. The Hall–Kier alpha value is -2.42. The molecule has 0 amide bonds. The van der Waals surface area contributed by atoms with Gasteiger partial charge in [-0.2, -0.15) is 0 Å². The fourth-order valence-corrected chi connectivity index (χ4v) is 12.5. The summed E-state index contributed by atoms with van der Waals surface area (Å²) in [4.78, 5) is 26.0. The van der Waals surface area contributed by atoms with Gasteiger partial charge >= 0.3 is 11.9 Å². The van der Waals surface area contributed by atoms with E-state index in [1.54, 1.807) is 12.2 Å². The number of rotatable bonds is 17. The van der Waals surface area contributed by atoms with Crippen molar-refractivity contribution in [2.45, 2.75) is 237 Å². The lowest BCUT2D eigenvalue weighted by atomic mass is 9.73. The molecule has 4 saturated carbocycles. The molecule has 0 aromatic heterocycles. The van der Waals surface area contributed by atoms with Gasteiger partial charge in [0, 0.05) is 38.0 Å². The van der Waals surface area contributed by atoms with E-state index in [1.165, 1.54) is 19.3 Å². The molecule has 25 heteroatoms. The van der Waals surface area contributed by atoms with Gasteiger partial charge in [0.25, 0.3) is 0 Å². The molecular weight excluding hydrogens is 1020 g/mol. The van der Waals surface area contributed by atoms with Crippen LogP contribution < -0.4 is 0 Å². The molecule has 0 aromatic carbocycles. The lowest BCUT2D eigenvalue weighted by molar-refractivity contribution is -0.389. The monoisotopic (exact) mass is 1110 g/mol. The highest BCUT2D eigenvalue weighted by Crippen LogP contribution is 2.44. The summed E-state index contributed by atoms with van der Waals surface area (Å²) in [5, 5.41) is 141. The first-order valence-electron chi connectivity index (χ1n) is 27.4. The second kappa shape index (κ2) is 27.6. The van der Waals surface area contributed by atoms with Crippen LogP contribution in [0.5, 0.6) is 0 Å². The molecule has 4 aliphatic heterocycles. The van der Waals surface area contributed by atoms with Gasteiger partial charge in [0.15, 0.2) is 31.1 Å². The minimum atomic E-state index is -2.00. The number of hydrogen-bond acceptors (Lipinski definition) is 24. The van der Waals surface area contributed by atoms with E-state index in [0.717, 1.165) is 0 Å². The van der Waals surface area contributed by atoms with Gasteiger partial charge in [-0.05, 0) is 88.9 Å². The van der Waals surface area contributed by atoms with Crippen LogP contribution in [0.15, 0.2) is 24.3 Å². The van der Waals surface area contributed by atoms with Crippen molar-refractivity contribution < 1.29 is 123 Å². The van der Waals surface area contributed by atoms with Crippen LogP contribution in [-0.4, -0.2) is 257 Å². The lowest BCUT2D eigenvalue weighted by Crippen LogP contribution is -2.66. The number of aliphatic hydroxyl groups excluding tert-OH is 13. The molecule has 0 radical (unpaired) electrons. The maximum Gasteiger partial charge on any atom is 0.330 e. The maximum atomic E-state index is 13.1. The van der Waals surface area contributed by atoms with E-state index in [1.807, 2.05) is 0 Å². The largest absolute Gasteiger partial charge is 0.460 e. The molecule has 4 saturated heterocycles. The zero-order valence-corrected chi connectivity index (χ0v) is 43.2. The lowest BCUT2D eigenvalue weighted by Gasteiger charge is -2.50. The van der Waals surface area contributed by atoms with Crippen molar-refractivity contribution in [2.24, 2.45) is 23.7 Å². The predicted molar refractivity (Wildman–Crippen MR) is 259 cm³/mol. The van der Waals surface area contributed by atoms with Crippen LogP contribution in [0, 0.1) is 23.7 Å². The highest BCUT2D eigenvalue weighted by atomic mass is 16.8. The number of hydrogen-bond donors (Lipinski definition) is 13. The summed E-state index contributed by atoms with van der Waals surface area (Å²) in [5.74, 6) is -2.45. The molecule has 8 rings (SSSR count). The van der Waals surface area contributed by atoms with Crippen LogP contribution in [0.1, 0.15) is 89.9 Å². The van der Waals surface area contributed by atoms with Crippen molar-refractivity contribution in [2.75, 3.05) is 26.9 Å². The first-order chi connectivity index (χ1) is 36.8. The highest BCUT2D eigenvalue weighted by Gasteiger charge is 2.58. The molecule has 0 spiro atoms. The van der Waals surface area contributed by atoms with E-state index in [-0.39, 0.29) is 37.0 Å². The molecule has 0 bridgehead atoms. The molecule has 440 valence electrons. The van der Waals surface area contributed by atoms with Gasteiger partial charge in [0.1, 0.15) is 92.6 Å². The fraction of sp³-hybridized carbons (Fsp3) is 0.885. The topological polar surface area (TPSA) is 393 Å². The second-order valence-electron chi connectivity index (χ2n) is 22.4. The van der Waals surface area contributed by atoms with Crippen LogP contribution in [0.25, 0.3) is 0 Å². The Balaban J connectivity index is 1.03. The third kappa shape index (κ3) is 15.0. The van der Waals surface area contributed by atoms with E-state index < -0.39 is 185 Å². The molecule has 24 atom stereocenters. The highest BCUT2D eigenvalue weighted by molar-refractivity contribution is 5.82. The third-order valence-corrected chi connectivity index (χ3v) is 17.2. The quantitative estimate of drug-likeness (QED) is 0.0376. The number of fused-ring (bicyclic) bond motifs is 1. The summed E-state index contributed by atoms with van der Waals surface area (Å²) in [6.45, 7) is -1.95. The molecule has 4 heterocycles. The molecule has 77 heavy (non-hydrogen) atoms. The minimum absolute atomic E-state index is 0.0120. The molecule has 9 unspecified atom stereocenters. The Bertz CT molecular complexity index is 1910. The third-order valence-electron chi connectivity index (χ3n) is 17.2. The molecule has 14 N–H and O–H groups in total. The van der Waals surface area contributed by atoms with Crippen LogP contribution in [-0.2, 0) is 52.2 Å². The van der Waals surface area contributed by atoms with Crippen molar-refractivity contribution in [1.82, 2.24) is 0 Å². The van der Waals surface area contributed by atoms with Crippen LogP contribution in [0.4, 0.5) is 0 Å². The van der Waals surface area contributed by atoms with Crippen LogP contribution in [0.3, 0.4) is 0 Å². The Labute approximate surface area is 446 Å². The first-order valence-corrected chi connectivity index (χ1v) is 27.4. The van der Waals surface area contributed by atoms with Crippen LogP contribution in [0.2, 0.25) is 0 Å². The number of carbonyl (C=O) groups is 2. The van der Waals surface area contributed by atoms with E-state index in [2.05, 4.69) is 0 Å². The van der Waals surface area contributed by atoms with Gasteiger partial charge in [0.05, 0.1) is 49.1 Å². The first kappa shape index (κ1) is 60.7. The van der Waals surface area contributed by atoms with Gasteiger partial charge in [-0.25, -0.2) is 9.59 Å². The molecule has 25 nitrogen and oxygen atoms in total. The second-order valence-corrected chi connectivity index (χ2v) is 22.4. The van der Waals surface area contributed by atoms with E-state index in [9.17, 15) is 76.0 Å². The van der Waals surface area contributed by atoms with E-state index in [4.69, 9.17) is 47.4 Å². The Morgan fingerprint density at radius 2 is 1.03 bits per heavy atom. The van der Waals surface area contributed by atoms with Crippen molar-refractivity contribution >= 4 is 11.9 Å². The Morgan fingerprint density at radius 1 is 0.506 bits per heavy atom. The summed E-state index contributed by atoms with van der Waals surface area (Å²) < 4.78 is 58.8. The van der Waals surface area contributed by atoms with Crippen molar-refractivity contribution in [3.05, 3.63) is 24.3 Å². The van der Waals surface area contributed by atoms with Crippen LogP contribution >= 0.6 is 0 Å². The summed E-state index contributed by atoms with van der Waals surface area (Å²) in [7, 11) is 1.49. The smallest absolute Gasteiger partial charge is 0.330 e. The van der Waals surface area contributed by atoms with Crippen molar-refractivity contribution in [3.8, 4) is 0 Å². The molecule has 8 aliphatic rings. The van der Waals surface area contributed by atoms with E-state index in [0.29, 0.717) is 70.6 Å². The normalized spacial score (nSPS) is 48.1. The predicted octanol–water partition coefficient (Wildman–Crippen LogP) is -3.89. The van der Waals surface area contributed by atoms with Gasteiger partial charge in [-0.15, -0.1) is 0 Å². The zero-order valence-electron chi connectivity index (χ0n) is 43.2. The summed E-state index contributed by atoms with van der Waals surface area (Å²) in [5.41, 5.74) is 0. The Kier molecular flexibility index (Phi) is 21.7. The van der Waals surface area contributed by atoms with E-state index >= 15 is 0 Å². The standard InChI is InChI=1S/C52H82O25/c1-68-33-16-24(4-13-30(33)57)6-15-39(59)69-21-36-41(61)44(64)47(67)51(75-36)77-49-45(65)42(62)37(22-70-38(58)14-5-23-2-9-26(54)10-3-23)76-52(49)73-34-19-29-31(71-48(34)25-7-11-27(55)12-8-25)17-28(56)18-32(29)72-50-46(66)43(63)40(60)35(20-53)74-50/h5-6,14-15,23-37,40-57,60-67H,2-4,7-13,16-22H2,1H3/p+1/t23?,24?,25?,26?,27?,28?,29?,30?,31?,32?,33?,34?,35-,36-,37-,40-,41-,42-,43+,44+,45+,46-,47-,48?,49-,50-,51+,52-/m1/s1. The molecule has 4 aliphatic carbocycles. The van der Waals surface area contributed by atoms with Crippen molar-refractivity contribution in [3.63, 3.8) is 0 Å². The number of allylic oxidation sites excluding steroid dienone is 2. The van der Waals surface area contributed by atoms with Gasteiger partial charge in [-0.1, -0.05) is 12.2 Å². The average molecular weight is 1110 g/mol. The average Bonchev–Trinajstić information content (AvgIpc) is 3.46. The van der Waals surface area contributed by atoms with Gasteiger partial charge in [-0.3, -0.25) is 0 Å². The molecular formula is C52H83O25+. The van der Waals surface area contributed by atoms with Gasteiger partial charge in [0.2, 0.25) is 0 Å². The maximum absolute atomic E-state index is 13.1. The minimum Gasteiger partial charge on any atom is -0.460 e. The number of esters is 2.